The van der Waals surface area contributed by atoms with Gasteiger partial charge in [-0.1, -0.05) is 48.5 Å². The molecule has 1 aliphatic carbocycles. The van der Waals surface area contributed by atoms with Crippen LogP contribution in [0, 0.1) is 0 Å². The summed E-state index contributed by atoms with van der Waals surface area (Å²) >= 11 is 0. The molecule has 0 radical (unpaired) electrons. The van der Waals surface area contributed by atoms with Gasteiger partial charge in [0.2, 0.25) is 5.88 Å². The molecule has 0 fully saturated rings. The zero-order valence-corrected chi connectivity index (χ0v) is 16.9. The first-order chi connectivity index (χ1) is 15.0. The number of fused-ring (bicyclic) bond motifs is 3. The van der Waals surface area contributed by atoms with E-state index in [1.165, 1.54) is 29.5 Å². The Bertz CT molecular complexity index is 1070. The monoisotopic (exact) mass is 418 g/mol. The molecule has 1 heterocycles. The maximum absolute atomic E-state index is 12.3. The summed E-state index contributed by atoms with van der Waals surface area (Å²) in [5.41, 5.74) is 4.73. The minimum absolute atomic E-state index is 0.00679. The smallest absolute Gasteiger partial charge is 0.407 e. The number of carbonyl (C=O) groups is 2. The molecule has 4 rings (SSSR count). The van der Waals surface area contributed by atoms with Gasteiger partial charge in [-0.25, -0.2) is 14.6 Å². The highest BCUT2D eigenvalue weighted by molar-refractivity contribution is 5.87. The zero-order chi connectivity index (χ0) is 21.8. The van der Waals surface area contributed by atoms with Crippen molar-refractivity contribution in [2.45, 2.75) is 18.9 Å². The third kappa shape index (κ3) is 4.50. The Hall–Kier alpha value is -3.87. The lowest BCUT2D eigenvalue weighted by molar-refractivity contribution is 0.0696. The number of ether oxygens (including phenoxy) is 2. The molecule has 2 aromatic carbocycles. The molecule has 0 aliphatic heterocycles. The Morgan fingerprint density at radius 3 is 2.35 bits per heavy atom. The van der Waals surface area contributed by atoms with Gasteiger partial charge in [-0.3, -0.25) is 0 Å². The molecular formula is C24H22N2O5. The molecule has 1 amide bonds. The van der Waals surface area contributed by atoms with Crippen LogP contribution in [0.3, 0.4) is 0 Å². The van der Waals surface area contributed by atoms with E-state index in [2.05, 4.69) is 34.6 Å². The van der Waals surface area contributed by atoms with Crippen molar-refractivity contribution in [1.29, 1.82) is 0 Å². The molecular weight excluding hydrogens is 396 g/mol. The van der Waals surface area contributed by atoms with E-state index in [0.717, 1.165) is 11.1 Å². The fourth-order valence-electron chi connectivity index (χ4n) is 3.71. The number of hydrogen-bond donors (Lipinski definition) is 2. The Balaban J connectivity index is 1.31. The van der Waals surface area contributed by atoms with Crippen molar-refractivity contribution in [2.75, 3.05) is 13.2 Å². The number of benzene rings is 2. The second-order valence-corrected chi connectivity index (χ2v) is 7.37. The fraction of sp³-hybridized carbons (Fsp3) is 0.208. The van der Waals surface area contributed by atoms with E-state index in [1.807, 2.05) is 24.3 Å². The van der Waals surface area contributed by atoms with Crippen LogP contribution >= 0.6 is 0 Å². The lowest BCUT2D eigenvalue weighted by Crippen LogP contribution is -2.37. The van der Waals surface area contributed by atoms with Gasteiger partial charge in [-0.15, -0.1) is 0 Å². The molecule has 7 nitrogen and oxygen atoms in total. The maximum atomic E-state index is 12.3. The average molecular weight is 418 g/mol. The lowest BCUT2D eigenvalue weighted by Gasteiger charge is -2.17. The van der Waals surface area contributed by atoms with Crippen molar-refractivity contribution in [3.8, 4) is 17.0 Å². The van der Waals surface area contributed by atoms with Crippen LogP contribution in [0.2, 0.25) is 0 Å². The van der Waals surface area contributed by atoms with E-state index in [1.54, 1.807) is 6.92 Å². The number of pyridine rings is 1. The summed E-state index contributed by atoms with van der Waals surface area (Å²) in [6, 6.07) is 18.7. The summed E-state index contributed by atoms with van der Waals surface area (Å²) in [6.07, 6.45) is 0.827. The minimum Gasteiger partial charge on any atom is -0.478 e. The van der Waals surface area contributed by atoms with E-state index < -0.39 is 12.1 Å². The molecule has 0 spiro atoms. The summed E-state index contributed by atoms with van der Waals surface area (Å²) in [5, 5.41) is 11.7. The number of carboxylic acid groups (broad SMARTS) is 1. The third-order valence-electron chi connectivity index (χ3n) is 5.17. The predicted octanol–water partition coefficient (Wildman–Crippen LogP) is 4.09. The second-order valence-electron chi connectivity index (χ2n) is 7.37. The van der Waals surface area contributed by atoms with Gasteiger partial charge < -0.3 is 19.9 Å². The van der Waals surface area contributed by atoms with Gasteiger partial charge in [0.25, 0.3) is 0 Å². The molecule has 1 aliphatic rings. The minimum atomic E-state index is -1.06. The number of aromatic carboxylic acids is 1. The standard InChI is InChI=1S/C24H22N2O5/c1-15(13-30-22-12-16(23(27)28)10-11-25-22)26-24(29)31-14-21-19-8-4-2-6-17(19)18-7-3-5-9-20(18)21/h2-12,15,21H,13-14H2,1H3,(H,26,29)(H,27,28). The van der Waals surface area contributed by atoms with Gasteiger partial charge >= 0.3 is 12.1 Å². The molecule has 1 unspecified atom stereocenters. The first-order valence-corrected chi connectivity index (χ1v) is 9.96. The molecule has 7 heteroatoms. The van der Waals surface area contributed by atoms with E-state index in [0.29, 0.717) is 0 Å². The number of rotatable bonds is 7. The van der Waals surface area contributed by atoms with Crippen molar-refractivity contribution in [3.63, 3.8) is 0 Å². The molecule has 1 atom stereocenters. The number of alkyl carbamates (subject to hydrolysis) is 1. The molecule has 0 bridgehead atoms. The largest absolute Gasteiger partial charge is 0.478 e. The number of amides is 1. The average Bonchev–Trinajstić information content (AvgIpc) is 3.10. The highest BCUT2D eigenvalue weighted by atomic mass is 16.5. The Morgan fingerprint density at radius 1 is 1.06 bits per heavy atom. The van der Waals surface area contributed by atoms with Crippen molar-refractivity contribution in [1.82, 2.24) is 10.3 Å². The summed E-state index contributed by atoms with van der Waals surface area (Å²) in [6.45, 7) is 2.12. The number of hydrogen-bond acceptors (Lipinski definition) is 5. The SMILES string of the molecule is CC(COc1cc(C(=O)O)ccn1)NC(=O)OCC1c2ccccc2-c2ccccc21. The van der Waals surface area contributed by atoms with Crippen LogP contribution in [0.25, 0.3) is 11.1 Å². The molecule has 0 saturated heterocycles. The molecule has 1 aromatic heterocycles. The van der Waals surface area contributed by atoms with Crippen LogP contribution in [0.1, 0.15) is 34.3 Å². The number of carboxylic acids is 1. The molecule has 3 aromatic rings. The van der Waals surface area contributed by atoms with E-state index in [9.17, 15) is 9.59 Å². The fourth-order valence-corrected chi connectivity index (χ4v) is 3.71. The van der Waals surface area contributed by atoms with Crippen molar-refractivity contribution >= 4 is 12.1 Å². The van der Waals surface area contributed by atoms with Gasteiger partial charge in [-0.05, 0) is 35.2 Å². The van der Waals surface area contributed by atoms with Crippen molar-refractivity contribution in [2.24, 2.45) is 0 Å². The van der Waals surface area contributed by atoms with Crippen LogP contribution in [-0.2, 0) is 4.74 Å². The van der Waals surface area contributed by atoms with Crippen molar-refractivity contribution < 1.29 is 24.2 Å². The summed E-state index contributed by atoms with van der Waals surface area (Å²) in [7, 11) is 0. The van der Waals surface area contributed by atoms with Gasteiger partial charge in [0.05, 0.1) is 11.6 Å². The van der Waals surface area contributed by atoms with Gasteiger partial charge in [-0.2, -0.15) is 0 Å². The van der Waals surface area contributed by atoms with Crippen LogP contribution in [0.15, 0.2) is 66.9 Å². The Kier molecular flexibility index (Phi) is 5.84. The number of aromatic nitrogens is 1. The number of nitrogens with one attached hydrogen (secondary N) is 1. The second kappa shape index (κ2) is 8.87. The summed E-state index contributed by atoms with van der Waals surface area (Å²) < 4.78 is 11.0. The number of nitrogens with zero attached hydrogens (tertiary/aromatic N) is 1. The van der Waals surface area contributed by atoms with Gasteiger partial charge in [0, 0.05) is 18.2 Å². The highest BCUT2D eigenvalue weighted by Gasteiger charge is 2.29. The number of carbonyl (C=O) groups excluding carboxylic acids is 1. The zero-order valence-electron chi connectivity index (χ0n) is 16.9. The highest BCUT2D eigenvalue weighted by Crippen LogP contribution is 2.44. The van der Waals surface area contributed by atoms with Crippen LogP contribution in [0.4, 0.5) is 4.79 Å². The molecule has 2 N–H and O–H groups in total. The van der Waals surface area contributed by atoms with Crippen molar-refractivity contribution in [3.05, 3.63) is 83.6 Å². The normalized spacial score (nSPS) is 13.1. The Morgan fingerprint density at radius 2 is 1.71 bits per heavy atom. The maximum Gasteiger partial charge on any atom is 0.407 e. The quantitative estimate of drug-likeness (QED) is 0.600. The molecule has 31 heavy (non-hydrogen) atoms. The van der Waals surface area contributed by atoms with Crippen LogP contribution < -0.4 is 10.1 Å². The topological polar surface area (TPSA) is 97.8 Å². The lowest BCUT2D eigenvalue weighted by atomic mass is 9.98. The van der Waals surface area contributed by atoms with E-state index in [-0.39, 0.29) is 36.6 Å². The van der Waals surface area contributed by atoms with E-state index in [4.69, 9.17) is 14.6 Å². The predicted molar refractivity (Wildman–Crippen MR) is 114 cm³/mol. The summed E-state index contributed by atoms with van der Waals surface area (Å²) in [4.78, 5) is 27.3. The molecule has 158 valence electrons. The van der Waals surface area contributed by atoms with Crippen LogP contribution in [-0.4, -0.2) is 41.4 Å². The third-order valence-corrected chi connectivity index (χ3v) is 5.17. The van der Waals surface area contributed by atoms with Gasteiger partial charge in [0.15, 0.2) is 0 Å². The van der Waals surface area contributed by atoms with E-state index >= 15 is 0 Å². The molecule has 0 saturated carbocycles. The Labute approximate surface area is 179 Å². The first kappa shape index (κ1) is 20.4. The first-order valence-electron chi connectivity index (χ1n) is 9.96. The van der Waals surface area contributed by atoms with Gasteiger partial charge in [0.1, 0.15) is 13.2 Å². The van der Waals surface area contributed by atoms with Crippen LogP contribution in [0.5, 0.6) is 5.88 Å². The summed E-state index contributed by atoms with van der Waals surface area (Å²) in [5.74, 6) is -0.884.